The average Bonchev–Trinajstić information content (AvgIpc) is 2.82. The number of piperazine rings is 1. The second kappa shape index (κ2) is 10.2. The maximum absolute atomic E-state index is 12.9. The highest BCUT2D eigenvalue weighted by Gasteiger charge is 2.54. The highest BCUT2D eigenvalue weighted by atomic mass is 16.3. The zero-order valence-electron chi connectivity index (χ0n) is 19.7. The molecule has 2 aliphatic heterocycles. The van der Waals surface area contributed by atoms with Gasteiger partial charge in [0, 0.05) is 24.4 Å². The summed E-state index contributed by atoms with van der Waals surface area (Å²) in [6.07, 6.45) is 7.90. The van der Waals surface area contributed by atoms with Crippen molar-refractivity contribution in [2.24, 2.45) is 5.92 Å². The van der Waals surface area contributed by atoms with Gasteiger partial charge in [0.25, 0.3) is 0 Å². The molecule has 6 nitrogen and oxygen atoms in total. The molecule has 2 fully saturated rings. The Morgan fingerprint density at radius 2 is 1.97 bits per heavy atom. The van der Waals surface area contributed by atoms with Crippen molar-refractivity contribution in [2.45, 2.75) is 32.4 Å². The molecular formula is C28H31N3O3. The average molecular weight is 458 g/mol. The van der Waals surface area contributed by atoms with Gasteiger partial charge < -0.3 is 14.9 Å². The fourth-order valence-electron chi connectivity index (χ4n) is 5.06. The second-order valence-corrected chi connectivity index (χ2v) is 8.88. The molecule has 176 valence electrons. The van der Waals surface area contributed by atoms with Crippen molar-refractivity contribution in [1.82, 2.24) is 14.8 Å². The third-order valence-corrected chi connectivity index (χ3v) is 6.84. The molecule has 2 amide bonds. The number of amides is 2. The lowest BCUT2D eigenvalue weighted by Crippen LogP contribution is -2.74. The molecule has 0 unspecified atom stereocenters. The Morgan fingerprint density at radius 1 is 1.21 bits per heavy atom. The molecule has 3 heterocycles. The zero-order valence-corrected chi connectivity index (χ0v) is 19.7. The van der Waals surface area contributed by atoms with Gasteiger partial charge in [0.2, 0.25) is 11.8 Å². The lowest BCUT2D eigenvalue weighted by molar-refractivity contribution is -0.170. The number of hydrogen-bond donors (Lipinski definition) is 1. The van der Waals surface area contributed by atoms with Crippen molar-refractivity contribution in [1.29, 1.82) is 0 Å². The standard InChI is InChI=1S/C28H31N3O3/c1-4-21(23-11-6-5-9-19(23)2)13-12-20(3)28-24-16-30(17-27(34)31(24)25(28)18-32)26(33)15-22-10-7-8-14-29-22/h4-14,24-25,28,32H,3,15-18H2,1-2H3/b13-12-,21-4+/t24-,25+,28-/m0/s1. The number of rotatable bonds is 7. The fraction of sp³-hybridized carbons (Fsp3) is 0.321. The Kier molecular flexibility index (Phi) is 7.08. The van der Waals surface area contributed by atoms with Gasteiger partial charge in [0.15, 0.2) is 0 Å². The minimum Gasteiger partial charge on any atom is -0.394 e. The van der Waals surface area contributed by atoms with Crippen molar-refractivity contribution < 1.29 is 14.7 Å². The quantitative estimate of drug-likeness (QED) is 0.648. The van der Waals surface area contributed by atoms with E-state index in [0.717, 1.165) is 16.7 Å². The summed E-state index contributed by atoms with van der Waals surface area (Å²) in [6.45, 7) is 8.69. The van der Waals surface area contributed by atoms with Crippen molar-refractivity contribution in [3.63, 3.8) is 0 Å². The van der Waals surface area contributed by atoms with Crippen LogP contribution >= 0.6 is 0 Å². The van der Waals surface area contributed by atoms with Crippen molar-refractivity contribution in [3.05, 3.63) is 95.9 Å². The fourth-order valence-corrected chi connectivity index (χ4v) is 5.06. The Morgan fingerprint density at radius 3 is 2.65 bits per heavy atom. The van der Waals surface area contributed by atoms with Crippen LogP contribution in [0.5, 0.6) is 0 Å². The van der Waals surface area contributed by atoms with E-state index in [2.05, 4.69) is 36.7 Å². The van der Waals surface area contributed by atoms with Crippen LogP contribution in [0.25, 0.3) is 5.57 Å². The number of aryl methyl sites for hydroxylation is 1. The maximum Gasteiger partial charge on any atom is 0.242 e. The van der Waals surface area contributed by atoms with Crippen LogP contribution in [0.2, 0.25) is 0 Å². The van der Waals surface area contributed by atoms with Gasteiger partial charge in [-0.3, -0.25) is 14.6 Å². The van der Waals surface area contributed by atoms with E-state index in [1.807, 2.05) is 49.4 Å². The van der Waals surface area contributed by atoms with Crippen LogP contribution in [0.15, 0.2) is 79.0 Å². The Labute approximate surface area is 200 Å². The summed E-state index contributed by atoms with van der Waals surface area (Å²) in [7, 11) is 0. The van der Waals surface area contributed by atoms with Crippen LogP contribution < -0.4 is 0 Å². The van der Waals surface area contributed by atoms with Crippen LogP contribution in [-0.4, -0.2) is 63.5 Å². The summed E-state index contributed by atoms with van der Waals surface area (Å²) in [5, 5.41) is 10.0. The summed E-state index contributed by atoms with van der Waals surface area (Å²) < 4.78 is 0. The number of carbonyl (C=O) groups is 2. The predicted octanol–water partition coefficient (Wildman–Crippen LogP) is 3.18. The van der Waals surface area contributed by atoms with Gasteiger partial charge in [-0.05, 0) is 48.3 Å². The van der Waals surface area contributed by atoms with E-state index < -0.39 is 0 Å². The van der Waals surface area contributed by atoms with E-state index in [1.54, 1.807) is 16.0 Å². The van der Waals surface area contributed by atoms with Gasteiger partial charge in [0.05, 0.1) is 31.7 Å². The molecule has 0 saturated carbocycles. The number of allylic oxidation sites excluding steroid dienone is 4. The van der Waals surface area contributed by atoms with Crippen LogP contribution in [0, 0.1) is 12.8 Å². The van der Waals surface area contributed by atoms with Crippen molar-refractivity contribution in [3.8, 4) is 0 Å². The largest absolute Gasteiger partial charge is 0.394 e. The van der Waals surface area contributed by atoms with Gasteiger partial charge in [-0.2, -0.15) is 0 Å². The molecule has 0 radical (unpaired) electrons. The number of aliphatic hydroxyl groups excluding tert-OH is 1. The summed E-state index contributed by atoms with van der Waals surface area (Å²) in [4.78, 5) is 33.3. The lowest BCUT2D eigenvalue weighted by atomic mass is 9.73. The first-order valence-electron chi connectivity index (χ1n) is 11.6. The molecule has 0 bridgehead atoms. The third kappa shape index (κ3) is 4.59. The monoisotopic (exact) mass is 457 g/mol. The Bertz CT molecular complexity index is 1140. The van der Waals surface area contributed by atoms with Gasteiger partial charge in [-0.15, -0.1) is 0 Å². The van der Waals surface area contributed by atoms with Crippen molar-refractivity contribution >= 4 is 17.4 Å². The first-order valence-corrected chi connectivity index (χ1v) is 11.6. The van der Waals surface area contributed by atoms with E-state index in [1.165, 1.54) is 5.56 Å². The summed E-state index contributed by atoms with van der Waals surface area (Å²) >= 11 is 0. The number of nitrogens with zero attached hydrogens (tertiary/aromatic N) is 3. The van der Waals surface area contributed by atoms with E-state index in [9.17, 15) is 14.7 Å². The maximum atomic E-state index is 12.9. The van der Waals surface area contributed by atoms with Gasteiger partial charge in [-0.1, -0.05) is 55.1 Å². The number of carbonyl (C=O) groups excluding carboxylic acids is 2. The highest BCUT2D eigenvalue weighted by molar-refractivity contribution is 5.88. The minimum atomic E-state index is -0.310. The topological polar surface area (TPSA) is 73.7 Å². The number of benzene rings is 1. The van der Waals surface area contributed by atoms with Gasteiger partial charge in [-0.25, -0.2) is 0 Å². The molecule has 34 heavy (non-hydrogen) atoms. The molecule has 6 heteroatoms. The van der Waals surface area contributed by atoms with Crippen LogP contribution in [0.4, 0.5) is 0 Å². The SMILES string of the molecule is C=C(/C=C\C(=C/C)c1ccccc1C)[C@@H]1[C@@H](CO)N2C(=O)CN(C(=O)Cc3ccccn3)C[C@@H]12. The molecule has 0 spiro atoms. The van der Waals surface area contributed by atoms with Gasteiger partial charge in [0.1, 0.15) is 0 Å². The Balaban J connectivity index is 1.48. The molecule has 2 saturated heterocycles. The smallest absolute Gasteiger partial charge is 0.242 e. The molecule has 0 aliphatic carbocycles. The van der Waals surface area contributed by atoms with E-state index in [4.69, 9.17) is 0 Å². The second-order valence-electron chi connectivity index (χ2n) is 8.88. The van der Waals surface area contributed by atoms with E-state index in [0.29, 0.717) is 12.2 Å². The first kappa shape index (κ1) is 23.6. The molecule has 1 aromatic carbocycles. The molecule has 3 atom stereocenters. The normalized spacial score (nSPS) is 22.5. The zero-order chi connectivity index (χ0) is 24.2. The first-order chi connectivity index (χ1) is 16.4. The number of fused-ring (bicyclic) bond motifs is 1. The van der Waals surface area contributed by atoms with Crippen LogP contribution in [0.3, 0.4) is 0 Å². The van der Waals surface area contributed by atoms with Crippen LogP contribution in [-0.2, 0) is 16.0 Å². The molecular weight excluding hydrogens is 426 g/mol. The summed E-state index contributed by atoms with van der Waals surface area (Å²) in [6, 6.07) is 13.2. The number of hydrogen-bond acceptors (Lipinski definition) is 4. The summed E-state index contributed by atoms with van der Waals surface area (Å²) in [5.74, 6) is -0.354. The summed E-state index contributed by atoms with van der Waals surface area (Å²) in [5.41, 5.74) is 4.96. The number of pyridine rings is 1. The molecule has 1 N–H and O–H groups in total. The number of aromatic nitrogens is 1. The van der Waals surface area contributed by atoms with E-state index >= 15 is 0 Å². The lowest BCUT2D eigenvalue weighted by Gasteiger charge is -2.59. The molecule has 2 aromatic rings. The van der Waals surface area contributed by atoms with Crippen LogP contribution in [0.1, 0.15) is 23.7 Å². The van der Waals surface area contributed by atoms with E-state index in [-0.39, 0.29) is 49.4 Å². The minimum absolute atomic E-state index is 0.0315. The van der Waals surface area contributed by atoms with Crippen molar-refractivity contribution in [2.75, 3.05) is 19.7 Å². The Hall–Kier alpha value is -3.51. The number of aliphatic hydroxyl groups is 1. The molecule has 1 aromatic heterocycles. The predicted molar refractivity (Wildman–Crippen MR) is 133 cm³/mol. The third-order valence-electron chi connectivity index (χ3n) is 6.84. The van der Waals surface area contributed by atoms with Gasteiger partial charge >= 0.3 is 0 Å². The molecule has 2 aliphatic rings. The highest BCUT2D eigenvalue weighted by Crippen LogP contribution is 2.40. The molecule has 4 rings (SSSR count).